The number of carbonyl (C=O) groups is 3. The first kappa shape index (κ1) is 28.1. The van der Waals surface area contributed by atoms with Gasteiger partial charge in [-0.15, -0.1) is 13.2 Å². The van der Waals surface area contributed by atoms with Crippen LogP contribution in [0.15, 0.2) is 67.8 Å². The van der Waals surface area contributed by atoms with Gasteiger partial charge in [-0.2, -0.15) is 0 Å². The summed E-state index contributed by atoms with van der Waals surface area (Å²) in [5, 5.41) is 12.2. The van der Waals surface area contributed by atoms with E-state index in [0.717, 1.165) is 10.8 Å². The van der Waals surface area contributed by atoms with Crippen LogP contribution in [0.5, 0.6) is 0 Å². The molecule has 40 heavy (non-hydrogen) atoms. The molecule has 3 aliphatic rings. The zero-order valence-corrected chi connectivity index (χ0v) is 23.7. The normalized spacial score (nSPS) is 31.2. The van der Waals surface area contributed by atoms with Crippen molar-refractivity contribution in [2.45, 2.75) is 50.5 Å². The predicted molar refractivity (Wildman–Crippen MR) is 154 cm³/mol. The minimum absolute atomic E-state index is 0.0733. The molecule has 3 fully saturated rings. The van der Waals surface area contributed by atoms with Crippen LogP contribution in [0.3, 0.4) is 0 Å². The number of anilines is 1. The summed E-state index contributed by atoms with van der Waals surface area (Å²) in [5.74, 6) is -2.49. The highest BCUT2D eigenvalue weighted by molar-refractivity contribution is 6.06. The average molecular weight is 546 g/mol. The Morgan fingerprint density at radius 2 is 1.82 bits per heavy atom. The number of ether oxygens (including phenoxy) is 1. The topological polar surface area (TPSA) is 90.4 Å². The zero-order chi connectivity index (χ0) is 29.0. The van der Waals surface area contributed by atoms with E-state index in [1.165, 1.54) is 4.90 Å². The lowest BCUT2D eigenvalue weighted by molar-refractivity contribution is -0.152. The molecule has 3 unspecified atom stereocenters. The van der Waals surface area contributed by atoms with Crippen LogP contribution in [0.1, 0.15) is 27.2 Å². The van der Waals surface area contributed by atoms with Crippen molar-refractivity contribution < 1.29 is 24.2 Å². The van der Waals surface area contributed by atoms with Crippen LogP contribution < -0.4 is 4.90 Å². The first-order chi connectivity index (χ1) is 19.0. The third-order valence-electron chi connectivity index (χ3n) is 9.39. The van der Waals surface area contributed by atoms with Crippen LogP contribution in [0, 0.1) is 17.8 Å². The van der Waals surface area contributed by atoms with Crippen molar-refractivity contribution in [1.29, 1.82) is 0 Å². The summed E-state index contributed by atoms with van der Waals surface area (Å²) in [5.41, 5.74) is -1.43. The highest BCUT2D eigenvalue weighted by atomic mass is 16.5. The molecule has 3 aliphatic heterocycles. The van der Waals surface area contributed by atoms with Crippen LogP contribution >= 0.6 is 0 Å². The Bertz CT molecular complexity index is 1380. The molecule has 8 nitrogen and oxygen atoms in total. The predicted octanol–water partition coefficient (Wildman–Crippen LogP) is 3.39. The van der Waals surface area contributed by atoms with Crippen molar-refractivity contribution >= 4 is 34.2 Å². The summed E-state index contributed by atoms with van der Waals surface area (Å²) in [6.45, 7) is 13.5. The third kappa shape index (κ3) is 3.91. The Labute approximate surface area is 235 Å². The number of aliphatic hydroxyl groups excluding tert-OH is 1. The highest BCUT2D eigenvalue weighted by Crippen LogP contribution is 2.65. The summed E-state index contributed by atoms with van der Waals surface area (Å²) in [6.07, 6.45) is 3.76. The molecule has 7 atom stereocenters. The van der Waals surface area contributed by atoms with E-state index in [4.69, 9.17) is 4.74 Å². The summed E-state index contributed by atoms with van der Waals surface area (Å²) in [4.78, 5) is 47.5. The molecule has 3 heterocycles. The van der Waals surface area contributed by atoms with Gasteiger partial charge < -0.3 is 24.5 Å². The second kappa shape index (κ2) is 10.2. The summed E-state index contributed by atoms with van der Waals surface area (Å²) >= 11 is 0. The second-order valence-corrected chi connectivity index (χ2v) is 11.8. The fraction of sp³-hybridized carbons (Fsp3) is 0.469. The molecule has 0 radical (unpaired) electrons. The Balaban J connectivity index is 1.63. The van der Waals surface area contributed by atoms with Crippen molar-refractivity contribution in [1.82, 2.24) is 9.80 Å². The maximum absolute atomic E-state index is 14.7. The molecular formula is C32H39N3O5. The maximum atomic E-state index is 14.7. The van der Waals surface area contributed by atoms with E-state index < -0.39 is 35.1 Å². The van der Waals surface area contributed by atoms with Crippen molar-refractivity contribution in [2.75, 3.05) is 31.6 Å². The molecule has 5 rings (SSSR count). The fourth-order valence-electron chi connectivity index (χ4n) is 7.36. The summed E-state index contributed by atoms with van der Waals surface area (Å²) in [7, 11) is 1.69. The number of aliphatic hydroxyl groups is 1. The molecule has 0 aliphatic carbocycles. The number of likely N-dealkylation sites (N-methyl/N-ethyl adjacent to an activating group) is 1. The molecule has 0 aromatic heterocycles. The minimum Gasteiger partial charge on any atom is -0.394 e. The Morgan fingerprint density at radius 1 is 1.15 bits per heavy atom. The van der Waals surface area contributed by atoms with Crippen LogP contribution in [-0.4, -0.2) is 82.7 Å². The lowest BCUT2D eigenvalue weighted by Crippen LogP contribution is -2.58. The van der Waals surface area contributed by atoms with Crippen LogP contribution in [0.2, 0.25) is 0 Å². The molecule has 0 saturated carbocycles. The van der Waals surface area contributed by atoms with Gasteiger partial charge in [-0.05, 0) is 49.1 Å². The fourth-order valence-corrected chi connectivity index (χ4v) is 7.36. The van der Waals surface area contributed by atoms with Crippen LogP contribution in [0.25, 0.3) is 10.8 Å². The van der Waals surface area contributed by atoms with Crippen LogP contribution in [0.4, 0.5) is 5.69 Å². The maximum Gasteiger partial charge on any atom is 0.253 e. The van der Waals surface area contributed by atoms with E-state index in [1.54, 1.807) is 35.9 Å². The van der Waals surface area contributed by atoms with E-state index in [1.807, 2.05) is 56.3 Å². The van der Waals surface area contributed by atoms with Crippen molar-refractivity contribution in [3.05, 3.63) is 67.8 Å². The average Bonchev–Trinajstić information content (AvgIpc) is 3.46. The highest BCUT2D eigenvalue weighted by Gasteiger charge is 2.80. The number of benzene rings is 2. The van der Waals surface area contributed by atoms with E-state index in [2.05, 4.69) is 13.2 Å². The van der Waals surface area contributed by atoms with E-state index in [-0.39, 0.29) is 36.8 Å². The van der Waals surface area contributed by atoms with Gasteiger partial charge in [0, 0.05) is 25.8 Å². The van der Waals surface area contributed by atoms with Gasteiger partial charge in [0.1, 0.15) is 11.6 Å². The number of fused-ring (bicyclic) bond motifs is 2. The number of carbonyl (C=O) groups excluding carboxylic acids is 3. The summed E-state index contributed by atoms with van der Waals surface area (Å²) < 4.78 is 6.82. The van der Waals surface area contributed by atoms with Gasteiger partial charge in [0.05, 0.1) is 30.1 Å². The van der Waals surface area contributed by atoms with Gasteiger partial charge in [0.2, 0.25) is 11.8 Å². The summed E-state index contributed by atoms with van der Waals surface area (Å²) in [6, 6.07) is 12.1. The SMILES string of the molecule is C=CCN(C)C(=O)[C@@H]1[C@H]2C(=O)N([C@H](C)CO)C(C(=O)N(CC=C)c3ccc4ccccc4c3)C23CC(C)[C@@]1(C)O3. The van der Waals surface area contributed by atoms with E-state index >= 15 is 0 Å². The molecule has 1 N–H and O–H groups in total. The van der Waals surface area contributed by atoms with Crippen molar-refractivity contribution in [3.8, 4) is 0 Å². The molecule has 3 saturated heterocycles. The van der Waals surface area contributed by atoms with Gasteiger partial charge >= 0.3 is 0 Å². The second-order valence-electron chi connectivity index (χ2n) is 11.8. The van der Waals surface area contributed by atoms with Gasteiger partial charge in [0.15, 0.2) is 0 Å². The number of rotatable bonds is 9. The molecule has 2 bridgehead atoms. The molecule has 1 spiro atoms. The van der Waals surface area contributed by atoms with Gasteiger partial charge in [-0.25, -0.2) is 0 Å². The minimum atomic E-state index is -1.20. The zero-order valence-electron chi connectivity index (χ0n) is 23.7. The van der Waals surface area contributed by atoms with Gasteiger partial charge in [0.25, 0.3) is 5.91 Å². The number of likely N-dealkylation sites (tertiary alicyclic amines) is 1. The first-order valence-corrected chi connectivity index (χ1v) is 14.0. The Kier molecular flexibility index (Phi) is 7.13. The number of hydrogen-bond acceptors (Lipinski definition) is 5. The number of nitrogens with zero attached hydrogens (tertiary/aromatic N) is 3. The Morgan fingerprint density at radius 3 is 2.48 bits per heavy atom. The van der Waals surface area contributed by atoms with Crippen molar-refractivity contribution in [3.63, 3.8) is 0 Å². The Hall–Kier alpha value is -3.49. The lowest BCUT2D eigenvalue weighted by atomic mass is 9.62. The van der Waals surface area contributed by atoms with Crippen LogP contribution in [-0.2, 0) is 19.1 Å². The van der Waals surface area contributed by atoms with Gasteiger partial charge in [-0.3, -0.25) is 14.4 Å². The monoisotopic (exact) mass is 545 g/mol. The molecule has 2 aromatic carbocycles. The smallest absolute Gasteiger partial charge is 0.253 e. The lowest BCUT2D eigenvalue weighted by Gasteiger charge is -2.39. The molecule has 212 valence electrons. The standard InChI is InChI=1S/C32H39N3O5/c1-7-15-33(6)28(37)25-26-29(38)35(21(4)19-36)27(32(26)18-20(3)31(25,5)40-32)30(39)34(16-8-2)24-14-13-22-11-9-10-12-23(22)17-24/h7-14,17,20-21,25-27,36H,1-2,15-16,18-19H2,3-6H3/t20?,21-,25+,26+,27?,31-,32?/m1/s1. The molecule has 8 heteroatoms. The first-order valence-electron chi connectivity index (χ1n) is 14.0. The largest absolute Gasteiger partial charge is 0.394 e. The van der Waals surface area contributed by atoms with E-state index in [0.29, 0.717) is 18.7 Å². The van der Waals surface area contributed by atoms with Crippen molar-refractivity contribution in [2.24, 2.45) is 17.8 Å². The molecule has 3 amide bonds. The third-order valence-corrected chi connectivity index (χ3v) is 9.39. The number of amides is 3. The molecule has 2 aromatic rings. The molecular weight excluding hydrogens is 506 g/mol. The van der Waals surface area contributed by atoms with E-state index in [9.17, 15) is 19.5 Å². The number of hydrogen-bond donors (Lipinski definition) is 1. The quantitative estimate of drug-likeness (QED) is 0.488. The van der Waals surface area contributed by atoms with Gasteiger partial charge in [-0.1, -0.05) is 49.4 Å².